The molecule has 1 saturated heterocycles. The van der Waals surface area contributed by atoms with Crippen LogP contribution in [0.1, 0.15) is 33.6 Å². The van der Waals surface area contributed by atoms with E-state index >= 15 is 0 Å². The average Bonchev–Trinajstić information content (AvgIpc) is 3.44. The second-order valence-electron chi connectivity index (χ2n) is 6.76. The number of carbonyl (C=O) groups is 1. The highest BCUT2D eigenvalue weighted by atomic mass is 32.2. The normalized spacial score (nSPS) is 16.7. The Morgan fingerprint density at radius 2 is 2.07 bits per heavy atom. The van der Waals surface area contributed by atoms with E-state index in [4.69, 9.17) is 14.2 Å². The van der Waals surface area contributed by atoms with Gasteiger partial charge in [-0.1, -0.05) is 0 Å². The molecule has 0 atom stereocenters. The predicted molar refractivity (Wildman–Crippen MR) is 105 cm³/mol. The molecule has 12 heteroatoms. The molecule has 10 nitrogen and oxygen atoms in total. The van der Waals surface area contributed by atoms with Crippen molar-refractivity contribution in [3.63, 3.8) is 0 Å². The first-order valence-corrected chi connectivity index (χ1v) is 11.5. The summed E-state index contributed by atoms with van der Waals surface area (Å²) >= 11 is 0.975. The molecular weight excluding hydrogens is 436 g/mol. The molecule has 1 fully saturated rings. The highest BCUT2D eigenvalue weighted by Gasteiger charge is 2.32. The summed E-state index contributed by atoms with van der Waals surface area (Å²) in [7, 11) is -3.77. The van der Waals surface area contributed by atoms with Gasteiger partial charge in [0.25, 0.3) is 5.69 Å². The van der Waals surface area contributed by atoms with E-state index in [1.165, 1.54) is 27.9 Å². The highest BCUT2D eigenvalue weighted by molar-refractivity contribution is 7.89. The monoisotopic (exact) mass is 454 g/mol. The molecule has 30 heavy (non-hydrogen) atoms. The van der Waals surface area contributed by atoms with Crippen LogP contribution in [0.4, 0.5) is 5.69 Å². The summed E-state index contributed by atoms with van der Waals surface area (Å²) in [4.78, 5) is 23.2. The Morgan fingerprint density at radius 3 is 2.80 bits per heavy atom. The molecule has 4 rings (SSSR count). The van der Waals surface area contributed by atoms with Crippen molar-refractivity contribution in [3.05, 3.63) is 49.7 Å². The van der Waals surface area contributed by atoms with Crippen LogP contribution in [0.2, 0.25) is 0 Å². The number of benzene rings is 1. The lowest BCUT2D eigenvalue weighted by Gasteiger charge is -2.20. The molecule has 0 unspecified atom stereocenters. The molecule has 3 heterocycles. The molecule has 1 aromatic carbocycles. The number of nitro groups is 1. The number of hydrogen-bond acceptors (Lipinski definition) is 9. The summed E-state index contributed by atoms with van der Waals surface area (Å²) in [6, 6.07) is 4.01. The van der Waals surface area contributed by atoms with Crippen molar-refractivity contribution in [1.82, 2.24) is 4.31 Å². The molecule has 1 aromatic heterocycles. The lowest BCUT2D eigenvalue weighted by molar-refractivity contribution is -0.385. The molecule has 0 aliphatic carbocycles. The Kier molecular flexibility index (Phi) is 5.73. The quantitative estimate of drug-likeness (QED) is 0.371. The van der Waals surface area contributed by atoms with Gasteiger partial charge in [-0.05, 0) is 24.3 Å². The third-order valence-electron chi connectivity index (χ3n) is 4.84. The van der Waals surface area contributed by atoms with Crippen molar-refractivity contribution in [3.8, 4) is 5.75 Å². The van der Waals surface area contributed by atoms with E-state index in [0.29, 0.717) is 30.0 Å². The van der Waals surface area contributed by atoms with E-state index in [0.717, 1.165) is 24.2 Å². The number of thiophene rings is 1. The summed E-state index contributed by atoms with van der Waals surface area (Å²) in [6.07, 6.45) is 1.56. The Morgan fingerprint density at radius 1 is 1.30 bits per heavy atom. The van der Waals surface area contributed by atoms with Gasteiger partial charge in [0, 0.05) is 36.3 Å². The second kappa shape index (κ2) is 8.30. The minimum Gasteiger partial charge on any atom is -0.467 e. The van der Waals surface area contributed by atoms with E-state index in [-0.39, 0.29) is 35.5 Å². The number of nitrogens with zero attached hydrogens (tertiary/aromatic N) is 2. The van der Waals surface area contributed by atoms with Crippen LogP contribution in [0.3, 0.4) is 0 Å². The van der Waals surface area contributed by atoms with Crippen molar-refractivity contribution in [1.29, 1.82) is 0 Å². The predicted octanol–water partition coefficient (Wildman–Crippen LogP) is 2.66. The number of rotatable bonds is 6. The smallest absolute Gasteiger partial charge is 0.350 e. The Hall–Kier alpha value is -2.54. The molecule has 0 bridgehead atoms. The first-order valence-electron chi connectivity index (χ1n) is 9.13. The molecule has 0 saturated carbocycles. The van der Waals surface area contributed by atoms with E-state index in [1.54, 1.807) is 0 Å². The summed E-state index contributed by atoms with van der Waals surface area (Å²) in [5.41, 5.74) is 0.619. The number of nitro benzene ring substituents is 1. The largest absolute Gasteiger partial charge is 0.467 e. The summed E-state index contributed by atoms with van der Waals surface area (Å²) in [6.45, 7) is 0.664. The zero-order valence-electron chi connectivity index (χ0n) is 15.7. The Balaban J connectivity index is 1.56. The van der Waals surface area contributed by atoms with Crippen molar-refractivity contribution < 1.29 is 32.3 Å². The van der Waals surface area contributed by atoms with Gasteiger partial charge in [-0.2, -0.15) is 4.31 Å². The van der Waals surface area contributed by atoms with Crippen LogP contribution in [0.25, 0.3) is 0 Å². The van der Waals surface area contributed by atoms with Crippen LogP contribution >= 0.6 is 11.3 Å². The molecule has 2 aliphatic rings. The lowest BCUT2D eigenvalue weighted by Crippen LogP contribution is -2.28. The molecule has 2 aliphatic heterocycles. The lowest BCUT2D eigenvalue weighted by atomic mass is 10.1. The van der Waals surface area contributed by atoms with Gasteiger partial charge >= 0.3 is 5.97 Å². The fourth-order valence-electron chi connectivity index (χ4n) is 3.42. The minimum atomic E-state index is -3.77. The van der Waals surface area contributed by atoms with Crippen molar-refractivity contribution in [2.24, 2.45) is 0 Å². The van der Waals surface area contributed by atoms with Gasteiger partial charge in [0.2, 0.25) is 10.0 Å². The van der Waals surface area contributed by atoms with Crippen LogP contribution < -0.4 is 4.74 Å². The van der Waals surface area contributed by atoms with Crippen molar-refractivity contribution >= 4 is 33.0 Å². The summed E-state index contributed by atoms with van der Waals surface area (Å²) < 4.78 is 42.9. The fourth-order valence-corrected chi connectivity index (χ4v) is 6.22. The van der Waals surface area contributed by atoms with Gasteiger partial charge < -0.3 is 14.2 Å². The highest BCUT2D eigenvalue weighted by Crippen LogP contribution is 2.34. The first-order chi connectivity index (χ1) is 14.4. The fraction of sp³-hybridized carbons (Fsp3) is 0.389. The van der Waals surface area contributed by atoms with Gasteiger partial charge in [0.1, 0.15) is 22.1 Å². The van der Waals surface area contributed by atoms with Gasteiger partial charge in [0.05, 0.1) is 11.5 Å². The van der Waals surface area contributed by atoms with E-state index < -0.39 is 20.9 Å². The molecule has 160 valence electrons. The second-order valence-corrected chi connectivity index (χ2v) is 9.58. The third kappa shape index (κ3) is 3.90. The number of carbonyl (C=O) groups excluding carboxylic acids is 1. The maximum absolute atomic E-state index is 12.8. The van der Waals surface area contributed by atoms with Crippen LogP contribution in [-0.2, 0) is 32.7 Å². The average molecular weight is 454 g/mol. The third-order valence-corrected chi connectivity index (χ3v) is 7.80. The SMILES string of the molecule is O=C(OCc1cc([N+](=O)[O-])cc2c1OCOC2)c1sccc1S(=O)(=O)N1CCCC1. The van der Waals surface area contributed by atoms with Gasteiger partial charge in [0.15, 0.2) is 6.79 Å². The van der Waals surface area contributed by atoms with Gasteiger partial charge in [-0.15, -0.1) is 11.3 Å². The zero-order valence-corrected chi connectivity index (χ0v) is 17.4. The van der Waals surface area contributed by atoms with E-state index in [9.17, 15) is 23.3 Å². The standard InChI is InChI=1S/C18H18N2O8S2/c21-18(17-15(3-6-29-17)30(24,25)19-4-1-2-5-19)27-10-13-8-14(20(22)23)7-12-9-26-11-28-16(12)13/h3,6-8H,1-2,4-5,9-11H2. The van der Waals surface area contributed by atoms with Crippen LogP contribution in [-0.4, -0.2) is 43.5 Å². The van der Waals surface area contributed by atoms with Crippen LogP contribution in [0.15, 0.2) is 28.5 Å². The summed E-state index contributed by atoms with van der Waals surface area (Å²) in [5, 5.41) is 12.7. The van der Waals surface area contributed by atoms with E-state index in [2.05, 4.69) is 0 Å². The molecule has 2 aromatic rings. The zero-order chi connectivity index (χ0) is 21.3. The maximum Gasteiger partial charge on any atom is 0.350 e. The molecule has 0 N–H and O–H groups in total. The van der Waals surface area contributed by atoms with Crippen LogP contribution in [0.5, 0.6) is 5.75 Å². The number of non-ortho nitro benzene ring substituents is 1. The number of hydrogen-bond donors (Lipinski definition) is 0. The van der Waals surface area contributed by atoms with Gasteiger partial charge in [-0.3, -0.25) is 10.1 Å². The number of fused-ring (bicyclic) bond motifs is 1. The number of esters is 1. The topological polar surface area (TPSA) is 125 Å². The summed E-state index contributed by atoms with van der Waals surface area (Å²) in [5.74, 6) is -0.439. The molecule has 0 amide bonds. The Labute approximate surface area is 176 Å². The van der Waals surface area contributed by atoms with Crippen molar-refractivity contribution in [2.45, 2.75) is 31.0 Å². The first kappa shape index (κ1) is 20.7. The van der Waals surface area contributed by atoms with Crippen molar-refractivity contribution in [2.75, 3.05) is 19.9 Å². The van der Waals surface area contributed by atoms with Gasteiger partial charge in [-0.25, -0.2) is 13.2 Å². The van der Waals surface area contributed by atoms with Crippen LogP contribution in [0, 0.1) is 10.1 Å². The number of sulfonamides is 1. The molecule has 0 spiro atoms. The molecule has 0 radical (unpaired) electrons. The van der Waals surface area contributed by atoms with E-state index in [1.807, 2.05) is 0 Å². The minimum absolute atomic E-state index is 0.0189. The Bertz CT molecular complexity index is 1090. The molecular formula is C18H18N2O8S2. The number of ether oxygens (including phenoxy) is 3. The maximum atomic E-state index is 12.8.